The number of hydrogen-bond donors (Lipinski definition) is 0. The van der Waals surface area contributed by atoms with Crippen LogP contribution in [0.2, 0.25) is 0 Å². The highest BCUT2D eigenvalue weighted by atomic mass is 16.5. The van der Waals surface area contributed by atoms with E-state index in [0.29, 0.717) is 5.57 Å². The number of rotatable bonds is 7. The van der Waals surface area contributed by atoms with E-state index < -0.39 is 71.9 Å². The molecule has 1 amide bonds. The van der Waals surface area contributed by atoms with E-state index in [9.17, 15) is 28.8 Å². The van der Waals surface area contributed by atoms with E-state index in [2.05, 4.69) is 0 Å². The molecule has 5 atom stereocenters. The highest BCUT2D eigenvalue weighted by Crippen LogP contribution is 2.48. The van der Waals surface area contributed by atoms with Crippen LogP contribution in [-0.2, 0) is 47.7 Å². The zero-order valence-corrected chi connectivity index (χ0v) is 26.1. The number of Topliss-reactive ketones (excluding diaryl/α,β-unsaturated/α-hetero) is 4. The van der Waals surface area contributed by atoms with Gasteiger partial charge in [-0.05, 0) is 48.1 Å². The van der Waals surface area contributed by atoms with Crippen LogP contribution in [0.1, 0.15) is 41.0 Å². The summed E-state index contributed by atoms with van der Waals surface area (Å²) in [5.41, 5.74) is 0.943. The lowest BCUT2D eigenvalue weighted by atomic mass is 9.68. The van der Waals surface area contributed by atoms with E-state index in [1.165, 1.54) is 33.0 Å². The van der Waals surface area contributed by atoms with Crippen molar-refractivity contribution in [1.82, 2.24) is 9.80 Å². The minimum absolute atomic E-state index is 0.0112. The van der Waals surface area contributed by atoms with E-state index in [-0.39, 0.29) is 58.0 Å². The lowest BCUT2D eigenvalue weighted by molar-refractivity contribution is -0.166. The Morgan fingerprint density at radius 1 is 0.886 bits per heavy atom. The molecule has 3 aliphatic heterocycles. The lowest BCUT2D eigenvalue weighted by Crippen LogP contribution is -2.76. The number of carbonyl (C=O) groups is 6. The molecule has 0 unspecified atom stereocenters. The van der Waals surface area contributed by atoms with E-state index in [0.717, 1.165) is 0 Å². The molecule has 0 saturated carbocycles. The van der Waals surface area contributed by atoms with Gasteiger partial charge in [0.1, 0.15) is 18.8 Å². The molecule has 234 valence electrons. The minimum Gasteiger partial charge on any atom is -0.492 e. The fourth-order valence-corrected chi connectivity index (χ4v) is 7.18. The second-order valence-corrected chi connectivity index (χ2v) is 11.4. The van der Waals surface area contributed by atoms with Crippen molar-refractivity contribution in [3.63, 3.8) is 0 Å². The molecule has 1 saturated heterocycles. The van der Waals surface area contributed by atoms with Gasteiger partial charge in [-0.2, -0.15) is 0 Å². The Kier molecular flexibility index (Phi) is 8.10. The van der Waals surface area contributed by atoms with Crippen LogP contribution in [0.4, 0.5) is 0 Å². The summed E-state index contributed by atoms with van der Waals surface area (Å²) in [5.74, 6) is -3.37. The second-order valence-electron chi connectivity index (χ2n) is 11.4. The molecule has 44 heavy (non-hydrogen) atoms. The third kappa shape index (κ3) is 4.26. The van der Waals surface area contributed by atoms with Gasteiger partial charge in [0.15, 0.2) is 23.1 Å². The van der Waals surface area contributed by atoms with Gasteiger partial charge in [0.05, 0.1) is 32.3 Å². The molecule has 0 aromatic rings. The third-order valence-electron chi connectivity index (χ3n) is 9.34. The van der Waals surface area contributed by atoms with Crippen LogP contribution in [-0.4, -0.2) is 110 Å². The Morgan fingerprint density at radius 3 is 2.05 bits per heavy atom. The molecular weight excluding hydrogens is 572 g/mol. The number of fused-ring (bicyclic) bond motifs is 5. The highest BCUT2D eigenvalue weighted by Gasteiger charge is 2.62. The summed E-state index contributed by atoms with van der Waals surface area (Å²) >= 11 is 0. The number of ether oxygens (including phenoxy) is 4. The molecule has 5 aliphatic rings. The summed E-state index contributed by atoms with van der Waals surface area (Å²) < 4.78 is 22.3. The minimum atomic E-state index is -1.17. The number of nitrogens with zero attached hydrogens (tertiary/aromatic N) is 2. The molecule has 0 aromatic carbocycles. The van der Waals surface area contributed by atoms with Crippen LogP contribution < -0.4 is 0 Å². The van der Waals surface area contributed by atoms with E-state index >= 15 is 0 Å². The topological polar surface area (TPSA) is 146 Å². The summed E-state index contributed by atoms with van der Waals surface area (Å²) in [4.78, 5) is 85.9. The Hall–Kier alpha value is -4.16. The summed E-state index contributed by atoms with van der Waals surface area (Å²) in [5, 5.41) is 0. The van der Waals surface area contributed by atoms with Crippen LogP contribution in [0.25, 0.3) is 0 Å². The number of ketones is 4. The average molecular weight is 609 g/mol. The predicted molar refractivity (Wildman–Crippen MR) is 154 cm³/mol. The van der Waals surface area contributed by atoms with Crippen LogP contribution in [0.15, 0.2) is 56.6 Å². The Labute approximate surface area is 255 Å². The number of piperazine rings is 1. The SMILES string of the molecule is C/C=C(/C)C(=O)OC[C@H]1C2=C(C[C@H]3[C@H]4C5=C(C(=O)C(C)=C(OC)C5=O)[C@H](OCC)[C@@H](C(=O)N13)N4C)C(=O)C(C)=C(OC)C2=O. The van der Waals surface area contributed by atoms with Crippen molar-refractivity contribution >= 4 is 35.0 Å². The van der Waals surface area contributed by atoms with Gasteiger partial charge in [-0.15, -0.1) is 0 Å². The molecule has 12 heteroatoms. The number of allylic oxidation sites excluding steroid dienone is 5. The average Bonchev–Trinajstić information content (AvgIpc) is 3.00. The van der Waals surface area contributed by atoms with Crippen LogP contribution in [0.5, 0.6) is 0 Å². The van der Waals surface area contributed by atoms with E-state index in [1.54, 1.807) is 38.8 Å². The smallest absolute Gasteiger partial charge is 0.333 e. The van der Waals surface area contributed by atoms with E-state index in [1.807, 2.05) is 0 Å². The summed E-state index contributed by atoms with van der Waals surface area (Å²) in [7, 11) is 4.27. The second kappa shape index (κ2) is 11.4. The van der Waals surface area contributed by atoms with Gasteiger partial charge in [0.25, 0.3) is 0 Å². The molecule has 0 aromatic heterocycles. The Bertz CT molecular complexity index is 1570. The zero-order valence-electron chi connectivity index (χ0n) is 26.1. The molecule has 2 aliphatic carbocycles. The quantitative estimate of drug-likeness (QED) is 0.234. The molecule has 5 rings (SSSR count). The first-order valence-corrected chi connectivity index (χ1v) is 14.5. The Morgan fingerprint density at radius 2 is 1.48 bits per heavy atom. The molecule has 0 spiro atoms. The fraction of sp³-hybridized carbons (Fsp3) is 0.500. The molecular formula is C32H36N2O10. The maximum absolute atomic E-state index is 14.6. The molecule has 2 bridgehead atoms. The van der Waals surface area contributed by atoms with Gasteiger partial charge in [-0.3, -0.25) is 28.9 Å². The maximum Gasteiger partial charge on any atom is 0.333 e. The van der Waals surface area contributed by atoms with Gasteiger partial charge in [-0.1, -0.05) is 6.08 Å². The number of hydrogen-bond acceptors (Lipinski definition) is 11. The molecule has 0 N–H and O–H groups in total. The van der Waals surface area contributed by atoms with Gasteiger partial charge in [0.2, 0.25) is 17.5 Å². The van der Waals surface area contributed by atoms with Gasteiger partial charge >= 0.3 is 5.97 Å². The van der Waals surface area contributed by atoms with Gasteiger partial charge in [-0.25, -0.2) is 4.79 Å². The third-order valence-corrected chi connectivity index (χ3v) is 9.34. The molecule has 3 heterocycles. The summed E-state index contributed by atoms with van der Waals surface area (Å²) in [6, 6.07) is -3.95. The first-order valence-electron chi connectivity index (χ1n) is 14.5. The maximum atomic E-state index is 14.6. The van der Waals surface area contributed by atoms with Crippen LogP contribution >= 0.6 is 0 Å². The van der Waals surface area contributed by atoms with Crippen LogP contribution in [0.3, 0.4) is 0 Å². The lowest BCUT2D eigenvalue weighted by Gasteiger charge is -2.59. The van der Waals surface area contributed by atoms with Crippen molar-refractivity contribution in [2.75, 3.05) is 34.5 Å². The number of likely N-dealkylation sites (N-methyl/N-ethyl adjacent to an activating group) is 1. The van der Waals surface area contributed by atoms with Crippen molar-refractivity contribution in [2.24, 2.45) is 0 Å². The number of carbonyl (C=O) groups excluding carboxylic acids is 6. The van der Waals surface area contributed by atoms with Crippen molar-refractivity contribution in [1.29, 1.82) is 0 Å². The number of esters is 1. The number of amides is 1. The zero-order chi connectivity index (χ0) is 32.4. The normalized spacial score (nSPS) is 29.3. The fourth-order valence-electron chi connectivity index (χ4n) is 7.18. The summed E-state index contributed by atoms with van der Waals surface area (Å²) in [6.07, 6.45) is 0.392. The Balaban J connectivity index is 1.73. The van der Waals surface area contributed by atoms with E-state index in [4.69, 9.17) is 18.9 Å². The van der Waals surface area contributed by atoms with Crippen molar-refractivity contribution in [3.8, 4) is 0 Å². The van der Waals surface area contributed by atoms with Crippen molar-refractivity contribution in [2.45, 2.75) is 71.3 Å². The molecule has 0 radical (unpaired) electrons. The molecule has 1 fully saturated rings. The van der Waals surface area contributed by atoms with Crippen LogP contribution in [0, 0.1) is 0 Å². The predicted octanol–water partition coefficient (Wildman–Crippen LogP) is 1.30. The molecule has 12 nitrogen and oxygen atoms in total. The first kappa shape index (κ1) is 31.3. The van der Waals surface area contributed by atoms with Crippen molar-refractivity contribution in [3.05, 3.63) is 56.6 Å². The highest BCUT2D eigenvalue weighted by molar-refractivity contribution is 6.27. The standard InChI is InChI=1S/C32H36N2O10/c1-9-13(3)32(40)44-12-18-19-16(24(35)14(4)28(41-7)26(19)37)11-17-22-20-21(25(36)15(5)29(42-8)27(20)38)30(43-10-2)23(33(22)6)31(39)34(17)18/h9,17-18,22-23,30H,10-12H2,1-8H3/b13-9-/t17-,18-,22-,23-,30-/m0/s1. The number of methoxy groups -OCH3 is 2. The monoisotopic (exact) mass is 608 g/mol. The summed E-state index contributed by atoms with van der Waals surface area (Å²) in [6.45, 7) is 7.67. The van der Waals surface area contributed by atoms with Gasteiger partial charge < -0.3 is 23.8 Å². The largest absolute Gasteiger partial charge is 0.492 e. The first-order chi connectivity index (χ1) is 20.9. The van der Waals surface area contributed by atoms with Gasteiger partial charge in [0, 0.05) is 45.6 Å². The van der Waals surface area contributed by atoms with Crippen molar-refractivity contribution < 1.29 is 47.7 Å².